The van der Waals surface area contributed by atoms with Gasteiger partial charge in [0.25, 0.3) is 5.91 Å². The SMILES string of the molecule is Cn1nnnc1-c1cccc(NC(=O)c2c(F)cccc2Cl)c1. The van der Waals surface area contributed by atoms with Crippen molar-refractivity contribution in [1.82, 2.24) is 20.2 Å². The number of carbonyl (C=O) groups is 1. The second kappa shape index (κ2) is 6.13. The van der Waals surface area contributed by atoms with E-state index in [-0.39, 0.29) is 10.6 Å². The molecule has 1 N–H and O–H groups in total. The minimum atomic E-state index is -0.677. The Morgan fingerprint density at radius 2 is 2.04 bits per heavy atom. The largest absolute Gasteiger partial charge is 0.322 e. The Hall–Kier alpha value is -2.80. The van der Waals surface area contributed by atoms with Crippen LogP contribution in [0, 0.1) is 5.82 Å². The van der Waals surface area contributed by atoms with E-state index >= 15 is 0 Å². The average molecular weight is 332 g/mol. The average Bonchev–Trinajstić information content (AvgIpc) is 2.93. The maximum atomic E-state index is 13.8. The van der Waals surface area contributed by atoms with E-state index in [0.717, 1.165) is 5.56 Å². The van der Waals surface area contributed by atoms with Gasteiger partial charge in [0.15, 0.2) is 5.82 Å². The Morgan fingerprint density at radius 3 is 2.74 bits per heavy atom. The smallest absolute Gasteiger partial charge is 0.260 e. The van der Waals surface area contributed by atoms with Gasteiger partial charge in [0, 0.05) is 18.3 Å². The molecule has 23 heavy (non-hydrogen) atoms. The number of anilines is 1. The lowest BCUT2D eigenvalue weighted by Crippen LogP contribution is -2.14. The maximum Gasteiger partial charge on any atom is 0.260 e. The Morgan fingerprint density at radius 1 is 1.26 bits per heavy atom. The van der Waals surface area contributed by atoms with E-state index in [1.807, 2.05) is 0 Å². The fourth-order valence-corrected chi connectivity index (χ4v) is 2.37. The molecule has 0 radical (unpaired) electrons. The first-order valence-electron chi connectivity index (χ1n) is 6.64. The second-order valence-corrected chi connectivity index (χ2v) is 5.16. The number of benzene rings is 2. The fraction of sp³-hybridized carbons (Fsp3) is 0.0667. The highest BCUT2D eigenvalue weighted by Crippen LogP contribution is 2.23. The molecule has 0 spiro atoms. The van der Waals surface area contributed by atoms with E-state index in [1.165, 1.54) is 22.9 Å². The molecular weight excluding hydrogens is 321 g/mol. The van der Waals surface area contributed by atoms with Gasteiger partial charge in [0.2, 0.25) is 0 Å². The lowest BCUT2D eigenvalue weighted by Gasteiger charge is -2.09. The first-order valence-corrected chi connectivity index (χ1v) is 7.02. The van der Waals surface area contributed by atoms with Gasteiger partial charge in [-0.1, -0.05) is 29.8 Å². The molecule has 1 aromatic heterocycles. The van der Waals surface area contributed by atoms with Gasteiger partial charge in [-0.25, -0.2) is 9.07 Å². The molecule has 0 aliphatic carbocycles. The minimum absolute atomic E-state index is 0.0520. The first-order chi connectivity index (χ1) is 11.1. The molecule has 0 bridgehead atoms. The van der Waals surface area contributed by atoms with E-state index in [4.69, 9.17) is 11.6 Å². The van der Waals surface area contributed by atoms with Crippen LogP contribution in [0.1, 0.15) is 10.4 Å². The molecule has 0 fully saturated rings. The molecule has 0 aliphatic heterocycles. The minimum Gasteiger partial charge on any atom is -0.322 e. The van der Waals surface area contributed by atoms with Crippen LogP contribution in [0.2, 0.25) is 5.02 Å². The first kappa shape index (κ1) is 15.1. The third-order valence-corrected chi connectivity index (χ3v) is 3.50. The topological polar surface area (TPSA) is 72.7 Å². The van der Waals surface area contributed by atoms with Crippen LogP contribution in [0.25, 0.3) is 11.4 Å². The second-order valence-electron chi connectivity index (χ2n) is 4.76. The summed E-state index contributed by atoms with van der Waals surface area (Å²) in [5, 5.41) is 13.9. The zero-order chi connectivity index (χ0) is 16.4. The van der Waals surface area contributed by atoms with Gasteiger partial charge in [-0.2, -0.15) is 0 Å². The number of hydrogen-bond acceptors (Lipinski definition) is 4. The zero-order valence-electron chi connectivity index (χ0n) is 12.0. The Bertz CT molecular complexity index is 860. The van der Waals surface area contributed by atoms with Crippen LogP contribution in [-0.2, 0) is 7.05 Å². The van der Waals surface area contributed by atoms with Crippen molar-refractivity contribution in [3.8, 4) is 11.4 Å². The van der Waals surface area contributed by atoms with E-state index in [2.05, 4.69) is 20.8 Å². The highest BCUT2D eigenvalue weighted by atomic mass is 35.5. The number of nitrogens with one attached hydrogen (secondary N) is 1. The van der Waals surface area contributed by atoms with Gasteiger partial charge in [-0.15, -0.1) is 5.10 Å². The lowest BCUT2D eigenvalue weighted by atomic mass is 10.1. The summed E-state index contributed by atoms with van der Waals surface area (Å²) in [7, 11) is 1.71. The number of tetrazole rings is 1. The van der Waals surface area contributed by atoms with Crippen LogP contribution in [0.3, 0.4) is 0 Å². The van der Waals surface area contributed by atoms with E-state index < -0.39 is 11.7 Å². The summed E-state index contributed by atoms with van der Waals surface area (Å²) in [6.07, 6.45) is 0. The van der Waals surface area contributed by atoms with E-state index in [0.29, 0.717) is 11.5 Å². The highest BCUT2D eigenvalue weighted by molar-refractivity contribution is 6.34. The van der Waals surface area contributed by atoms with Crippen LogP contribution < -0.4 is 5.32 Å². The number of aryl methyl sites for hydroxylation is 1. The molecule has 1 heterocycles. The Labute approximate surface area is 135 Å². The monoisotopic (exact) mass is 331 g/mol. The zero-order valence-corrected chi connectivity index (χ0v) is 12.8. The Kier molecular flexibility index (Phi) is 4.03. The van der Waals surface area contributed by atoms with Crippen LogP contribution in [0.15, 0.2) is 42.5 Å². The van der Waals surface area contributed by atoms with Crippen molar-refractivity contribution >= 4 is 23.2 Å². The van der Waals surface area contributed by atoms with Crippen molar-refractivity contribution < 1.29 is 9.18 Å². The van der Waals surface area contributed by atoms with Crippen molar-refractivity contribution in [1.29, 1.82) is 0 Å². The van der Waals surface area contributed by atoms with Crippen molar-refractivity contribution in [3.05, 3.63) is 58.9 Å². The van der Waals surface area contributed by atoms with Gasteiger partial charge in [0.05, 0.1) is 10.6 Å². The van der Waals surface area contributed by atoms with Gasteiger partial charge in [-0.05, 0) is 34.7 Å². The van der Waals surface area contributed by atoms with Crippen molar-refractivity contribution in [2.75, 3.05) is 5.32 Å². The predicted molar refractivity (Wildman–Crippen MR) is 83.6 cm³/mol. The molecule has 116 valence electrons. The lowest BCUT2D eigenvalue weighted by molar-refractivity contribution is 0.102. The van der Waals surface area contributed by atoms with Crippen LogP contribution in [0.5, 0.6) is 0 Å². The molecule has 0 saturated heterocycles. The molecule has 3 rings (SSSR count). The molecule has 0 atom stereocenters. The number of nitrogens with zero attached hydrogens (tertiary/aromatic N) is 4. The number of carbonyl (C=O) groups excluding carboxylic acids is 1. The van der Waals surface area contributed by atoms with Crippen LogP contribution in [-0.4, -0.2) is 26.1 Å². The number of rotatable bonds is 3. The van der Waals surface area contributed by atoms with Crippen LogP contribution in [0.4, 0.5) is 10.1 Å². The highest BCUT2D eigenvalue weighted by Gasteiger charge is 2.16. The number of amides is 1. The summed E-state index contributed by atoms with van der Waals surface area (Å²) in [6, 6.07) is 11.0. The normalized spacial score (nSPS) is 10.6. The molecule has 8 heteroatoms. The maximum absolute atomic E-state index is 13.8. The summed E-state index contributed by atoms with van der Waals surface area (Å²) in [4.78, 5) is 12.2. The van der Waals surface area contributed by atoms with E-state index in [9.17, 15) is 9.18 Å². The van der Waals surface area contributed by atoms with Gasteiger partial charge in [-0.3, -0.25) is 4.79 Å². The number of halogens is 2. The summed E-state index contributed by atoms with van der Waals surface area (Å²) >= 11 is 5.89. The summed E-state index contributed by atoms with van der Waals surface area (Å²) in [6.45, 7) is 0. The molecule has 1 amide bonds. The third-order valence-electron chi connectivity index (χ3n) is 3.19. The van der Waals surface area contributed by atoms with E-state index in [1.54, 1.807) is 31.3 Å². The van der Waals surface area contributed by atoms with Crippen molar-refractivity contribution in [3.63, 3.8) is 0 Å². The molecule has 2 aromatic carbocycles. The van der Waals surface area contributed by atoms with Crippen molar-refractivity contribution in [2.45, 2.75) is 0 Å². The summed E-state index contributed by atoms with van der Waals surface area (Å²) < 4.78 is 15.3. The standard InChI is InChI=1S/C15H11ClFN5O/c1-22-14(19-20-21-22)9-4-2-5-10(8-9)18-15(23)13-11(16)6-3-7-12(13)17/h2-8H,1H3,(H,18,23). The molecular formula is C15H11ClFN5O. The number of aromatic nitrogens is 4. The molecule has 0 aliphatic rings. The molecule has 0 unspecified atom stereocenters. The summed E-state index contributed by atoms with van der Waals surface area (Å²) in [5.41, 5.74) is 1.00. The van der Waals surface area contributed by atoms with Gasteiger partial charge in [0.1, 0.15) is 5.82 Å². The Balaban J connectivity index is 1.89. The summed E-state index contributed by atoms with van der Waals surface area (Å²) in [5.74, 6) is -0.755. The van der Waals surface area contributed by atoms with Gasteiger partial charge < -0.3 is 5.32 Å². The number of hydrogen-bond donors (Lipinski definition) is 1. The molecule has 0 saturated carbocycles. The molecule has 3 aromatic rings. The van der Waals surface area contributed by atoms with Crippen molar-refractivity contribution in [2.24, 2.45) is 7.05 Å². The molecule has 6 nitrogen and oxygen atoms in total. The predicted octanol–water partition coefficient (Wildman–Crippen LogP) is 2.92. The third kappa shape index (κ3) is 3.04. The fourth-order valence-electron chi connectivity index (χ4n) is 2.12. The quantitative estimate of drug-likeness (QED) is 0.801. The van der Waals surface area contributed by atoms with Crippen LogP contribution >= 0.6 is 11.6 Å². The van der Waals surface area contributed by atoms with Gasteiger partial charge >= 0.3 is 0 Å².